The number of morpholine rings is 1. The molecule has 3 aromatic heterocycles. The second-order valence-electron chi connectivity index (χ2n) is 17.9. The number of ether oxygens (including phenoxy) is 2. The van der Waals surface area contributed by atoms with Crippen LogP contribution in [0, 0.1) is 17.8 Å². The van der Waals surface area contributed by atoms with E-state index in [1.165, 1.54) is 19.8 Å². The number of nitrogens with one attached hydrogen (secondary N) is 2. The van der Waals surface area contributed by atoms with E-state index >= 15 is 0 Å². The van der Waals surface area contributed by atoms with E-state index in [2.05, 4.69) is 37.4 Å². The fraction of sp³-hybridized carbons (Fsp3) is 0.489. The van der Waals surface area contributed by atoms with Gasteiger partial charge in [-0.25, -0.2) is 23.1 Å². The van der Waals surface area contributed by atoms with Crippen molar-refractivity contribution in [3.05, 3.63) is 87.6 Å². The molecule has 5 aromatic rings. The zero-order chi connectivity index (χ0) is 44.1. The first-order chi connectivity index (χ1) is 31.1. The Balaban J connectivity index is 0.696. The molecule has 0 radical (unpaired) electrons. The Morgan fingerprint density at radius 3 is 2.62 bits per heavy atom. The van der Waals surface area contributed by atoms with Crippen LogP contribution in [0.15, 0.2) is 59.7 Å². The number of amides is 3. The third kappa shape index (κ3) is 8.18. The topological polar surface area (TPSA) is 157 Å². The molecular formula is C47H51F2N9O6. The number of likely N-dealkylation sites (tertiary alicyclic amines) is 1. The number of para-hydroxylation sites is 1. The lowest BCUT2D eigenvalue weighted by atomic mass is 9.78. The van der Waals surface area contributed by atoms with E-state index in [-0.39, 0.29) is 72.0 Å². The van der Waals surface area contributed by atoms with Crippen molar-refractivity contribution in [3.63, 3.8) is 0 Å². The van der Waals surface area contributed by atoms with E-state index in [4.69, 9.17) is 14.5 Å². The van der Waals surface area contributed by atoms with Crippen molar-refractivity contribution in [2.24, 2.45) is 13.0 Å². The molecule has 2 aromatic carbocycles. The lowest BCUT2D eigenvalue weighted by molar-refractivity contribution is -0.135. The Hall–Kier alpha value is -5.96. The number of hydrogen-bond donors (Lipinski definition) is 2. The number of nitrogens with zero attached hydrogens (tertiary/aromatic N) is 7. The number of carbonyl (C=O) groups is 3. The lowest BCUT2D eigenvalue weighted by Crippen LogP contribution is -2.44. The molecule has 4 saturated heterocycles. The molecule has 1 saturated carbocycles. The van der Waals surface area contributed by atoms with Crippen LogP contribution in [-0.4, -0.2) is 104 Å². The molecule has 7 heterocycles. The molecule has 334 valence electrons. The number of rotatable bonds is 10. The molecule has 2 N–H and O–H groups in total. The monoisotopic (exact) mass is 875 g/mol. The molecule has 5 fully saturated rings. The zero-order valence-corrected chi connectivity index (χ0v) is 35.7. The van der Waals surface area contributed by atoms with Crippen LogP contribution >= 0.6 is 0 Å². The van der Waals surface area contributed by atoms with Crippen molar-refractivity contribution in [2.45, 2.75) is 94.4 Å². The van der Waals surface area contributed by atoms with Gasteiger partial charge in [-0.1, -0.05) is 24.0 Å². The van der Waals surface area contributed by atoms with Crippen molar-refractivity contribution in [3.8, 4) is 11.8 Å². The first kappa shape index (κ1) is 42.0. The van der Waals surface area contributed by atoms with E-state index in [0.29, 0.717) is 34.8 Å². The molecule has 1 unspecified atom stereocenters. The van der Waals surface area contributed by atoms with E-state index in [9.17, 15) is 28.0 Å². The zero-order valence-electron chi connectivity index (χ0n) is 35.7. The van der Waals surface area contributed by atoms with Crippen molar-refractivity contribution >= 4 is 45.9 Å². The third-order valence-corrected chi connectivity index (χ3v) is 14.0. The number of hydrogen-bond acceptors (Lipinski definition) is 10. The van der Waals surface area contributed by atoms with Gasteiger partial charge in [-0.2, -0.15) is 5.10 Å². The van der Waals surface area contributed by atoms with Crippen LogP contribution in [0.1, 0.15) is 103 Å². The Bertz CT molecular complexity index is 2740. The van der Waals surface area contributed by atoms with Gasteiger partial charge in [0.25, 0.3) is 12.3 Å². The number of carbonyl (C=O) groups excluding carboxylic acids is 3. The summed E-state index contributed by atoms with van der Waals surface area (Å²) in [5, 5.41) is 9.37. The molecule has 0 spiro atoms. The fourth-order valence-electron chi connectivity index (χ4n) is 10.5. The van der Waals surface area contributed by atoms with Crippen LogP contribution < -0.4 is 21.2 Å². The highest BCUT2D eigenvalue weighted by molar-refractivity contribution is 6.08. The average Bonchev–Trinajstić information content (AvgIpc) is 4.10. The Kier molecular flexibility index (Phi) is 11.5. The largest absolute Gasteiger partial charge is 0.374 e. The van der Waals surface area contributed by atoms with Gasteiger partial charge in [-0.05, 0) is 99.1 Å². The molecule has 3 amide bonds. The molecule has 4 aliphatic heterocycles. The molecule has 64 heavy (non-hydrogen) atoms. The number of imidazole rings is 1. The molecule has 2 bridgehead atoms. The Morgan fingerprint density at radius 1 is 1.05 bits per heavy atom. The Morgan fingerprint density at radius 2 is 1.88 bits per heavy atom. The molecule has 17 heteroatoms. The number of anilines is 2. The molecular weight excluding hydrogens is 825 g/mol. The third-order valence-electron chi connectivity index (χ3n) is 14.0. The summed E-state index contributed by atoms with van der Waals surface area (Å²) in [6.07, 6.45) is 7.79. The minimum Gasteiger partial charge on any atom is -0.374 e. The van der Waals surface area contributed by atoms with Crippen LogP contribution in [0.4, 0.5) is 20.3 Å². The number of halogens is 2. The van der Waals surface area contributed by atoms with E-state index in [0.717, 1.165) is 82.5 Å². The summed E-state index contributed by atoms with van der Waals surface area (Å²) in [7, 11) is 1.66. The maximum absolute atomic E-state index is 14.5. The van der Waals surface area contributed by atoms with E-state index in [1.807, 2.05) is 24.3 Å². The molecule has 3 atom stereocenters. The van der Waals surface area contributed by atoms with E-state index < -0.39 is 24.3 Å². The van der Waals surface area contributed by atoms with Crippen molar-refractivity contribution in [2.75, 3.05) is 49.6 Å². The van der Waals surface area contributed by atoms with Gasteiger partial charge in [0.1, 0.15) is 24.0 Å². The number of benzene rings is 2. The van der Waals surface area contributed by atoms with Crippen LogP contribution in [-0.2, 0) is 26.1 Å². The summed E-state index contributed by atoms with van der Waals surface area (Å²) in [6, 6.07) is 11.9. The number of aryl methyl sites for hydroxylation is 1. The number of alkyl halides is 2. The molecule has 15 nitrogen and oxygen atoms in total. The quantitative estimate of drug-likeness (QED) is 0.139. The van der Waals surface area contributed by atoms with Crippen LogP contribution in [0.2, 0.25) is 0 Å². The van der Waals surface area contributed by atoms with Gasteiger partial charge in [-0.3, -0.25) is 28.8 Å². The van der Waals surface area contributed by atoms with Crippen LogP contribution in [0.3, 0.4) is 0 Å². The second-order valence-corrected chi connectivity index (χ2v) is 17.9. The van der Waals surface area contributed by atoms with Gasteiger partial charge < -0.3 is 24.6 Å². The van der Waals surface area contributed by atoms with Crippen LogP contribution in [0.5, 0.6) is 0 Å². The summed E-state index contributed by atoms with van der Waals surface area (Å²) in [4.78, 5) is 60.5. The summed E-state index contributed by atoms with van der Waals surface area (Å²) in [5.41, 5.74) is 2.94. The first-order valence-electron chi connectivity index (χ1n) is 22.4. The normalized spacial score (nSPS) is 24.1. The smallest absolute Gasteiger partial charge is 0.329 e. The number of aromatic nitrogens is 5. The molecule has 1 aliphatic carbocycles. The first-order valence-corrected chi connectivity index (χ1v) is 22.4. The number of imide groups is 1. The molecule has 10 rings (SSSR count). The minimum atomic E-state index is -2.76. The molecule has 5 aliphatic rings. The predicted molar refractivity (Wildman–Crippen MR) is 233 cm³/mol. The average molecular weight is 876 g/mol. The standard InChI is InChI=1S/C47H51F2N9O6/c1-54-42-30(4-2-6-38(42)58(47(54)62)39-13-14-41(59)53-46(39)61)5-3-21-63-33-15-18-55(19-16-33)25-28-7-9-29(10-8-28)31-11-12-37(35(22-31)43(48)49)51-45(60)36-24-50-57-20-17-40(52-44(36)57)56-26-34-23-32(56)27-64-34/h2,4,6,11-12,17,20,22,24,28-29,32-34,39,43H,7-10,13-16,18-19,21,23,25-27H2,1H3,(H,51,60)(H,53,59,61)/t28?,29?,32-,34-,39?/m1/s1. The minimum absolute atomic E-state index is 0.0892. The summed E-state index contributed by atoms with van der Waals surface area (Å²) < 4.78 is 45.4. The van der Waals surface area contributed by atoms with Gasteiger partial charge in [0, 0.05) is 57.1 Å². The van der Waals surface area contributed by atoms with Crippen LogP contribution in [0.25, 0.3) is 16.7 Å². The highest BCUT2D eigenvalue weighted by atomic mass is 19.3. The Labute approximate surface area is 368 Å². The van der Waals surface area contributed by atoms with Gasteiger partial charge in [-0.15, -0.1) is 0 Å². The fourth-order valence-corrected chi connectivity index (χ4v) is 10.5. The second kappa shape index (κ2) is 17.5. The van der Waals surface area contributed by atoms with Gasteiger partial charge in [0.15, 0.2) is 5.65 Å². The number of piperidine rings is 2. The van der Waals surface area contributed by atoms with E-state index in [1.54, 1.807) is 31.4 Å². The lowest BCUT2D eigenvalue weighted by Gasteiger charge is -2.36. The summed E-state index contributed by atoms with van der Waals surface area (Å²) in [5.74, 6) is 6.41. The van der Waals surface area contributed by atoms with Gasteiger partial charge in [0.2, 0.25) is 11.8 Å². The maximum Gasteiger partial charge on any atom is 0.329 e. The predicted octanol–water partition coefficient (Wildman–Crippen LogP) is 5.33. The van der Waals surface area contributed by atoms with Gasteiger partial charge in [0.05, 0.1) is 47.7 Å². The highest BCUT2D eigenvalue weighted by Gasteiger charge is 2.40. The van der Waals surface area contributed by atoms with Crippen molar-refractivity contribution in [1.29, 1.82) is 0 Å². The summed E-state index contributed by atoms with van der Waals surface area (Å²) in [6.45, 7) is 4.51. The SMILES string of the molecule is Cn1c(=O)n(C2CCC(=O)NC2=O)c2cccc(C#CCOC3CCN(CC4CCC(c5ccc(NC(=O)c6cnn7ccc(N8C[C@H]9C[C@@H]8CO9)nc67)c(C(F)F)c5)CC4)CC3)c21. The highest BCUT2D eigenvalue weighted by Crippen LogP contribution is 2.40. The summed E-state index contributed by atoms with van der Waals surface area (Å²) >= 11 is 0. The number of fused-ring (bicyclic) bond motifs is 4. The maximum atomic E-state index is 14.5. The van der Waals surface area contributed by atoms with Crippen molar-refractivity contribution < 1.29 is 32.6 Å². The van der Waals surface area contributed by atoms with Gasteiger partial charge >= 0.3 is 5.69 Å². The van der Waals surface area contributed by atoms with Crippen molar-refractivity contribution in [1.82, 2.24) is 33.9 Å².